The van der Waals surface area contributed by atoms with Crippen molar-refractivity contribution in [3.05, 3.63) is 29.8 Å². The average Bonchev–Trinajstić information content (AvgIpc) is 2.71. The molecule has 0 aromatic heterocycles. The largest absolute Gasteiger partial charge is 0.369 e. The smallest absolute Gasteiger partial charge is 0.224 e. The number of carbonyl (C=O) groups is 1. The fraction of sp³-hybridized carbons (Fsp3) is 0.682. The molecule has 166 valence electrons. The van der Waals surface area contributed by atoms with Crippen molar-refractivity contribution in [1.82, 2.24) is 15.1 Å². The maximum atomic E-state index is 12.9. The molecule has 0 unspecified atom stereocenters. The third-order valence-corrected chi connectivity index (χ3v) is 5.92. The Labute approximate surface area is 189 Å². The van der Waals surface area contributed by atoms with E-state index in [4.69, 9.17) is 0 Å². The zero-order valence-electron chi connectivity index (χ0n) is 17.9. The first-order valence-corrected chi connectivity index (χ1v) is 10.7. The van der Waals surface area contributed by atoms with Gasteiger partial charge in [-0.25, -0.2) is 0 Å². The van der Waals surface area contributed by atoms with Crippen molar-refractivity contribution < 1.29 is 4.79 Å². The quantitative estimate of drug-likeness (QED) is 0.699. The summed E-state index contributed by atoms with van der Waals surface area (Å²) in [5.74, 6) is 0.352. The van der Waals surface area contributed by atoms with Crippen LogP contribution in [0.1, 0.15) is 38.2 Å². The zero-order chi connectivity index (χ0) is 19.1. The molecule has 0 spiro atoms. The second-order valence-electron chi connectivity index (χ2n) is 7.99. The summed E-state index contributed by atoms with van der Waals surface area (Å²) in [7, 11) is 0. The van der Waals surface area contributed by atoms with Crippen LogP contribution in [0.4, 0.5) is 5.69 Å². The van der Waals surface area contributed by atoms with Crippen LogP contribution >= 0.6 is 24.8 Å². The Bertz CT molecular complexity index is 602. The van der Waals surface area contributed by atoms with E-state index in [1.807, 2.05) is 0 Å². The first-order chi connectivity index (χ1) is 13.2. The van der Waals surface area contributed by atoms with Crippen LogP contribution in [0.15, 0.2) is 24.3 Å². The SMILES string of the molecule is CCCN(C(=O)CCN1CCN(c2cccc(C)c2)CC1)C1CCNCC1.Cl.Cl. The number of aryl methyl sites for hydroxylation is 1. The van der Waals surface area contributed by atoms with Gasteiger partial charge in [0.1, 0.15) is 0 Å². The summed E-state index contributed by atoms with van der Waals surface area (Å²) in [5.41, 5.74) is 2.64. The maximum Gasteiger partial charge on any atom is 0.224 e. The molecule has 2 aliphatic rings. The molecule has 7 heteroatoms. The standard InChI is InChI=1S/C22H36N4O.2ClH/c1-3-12-26(20-7-10-23-11-8-20)22(27)9-13-24-14-16-25(17-15-24)21-6-4-5-19(2)18-21;;/h4-6,18,20,23H,3,7-17H2,1-2H3;2*1H. The molecule has 0 atom stereocenters. The van der Waals surface area contributed by atoms with Crippen LogP contribution in [0, 0.1) is 6.92 Å². The van der Waals surface area contributed by atoms with Crippen LogP contribution in [0.5, 0.6) is 0 Å². The van der Waals surface area contributed by atoms with Crippen molar-refractivity contribution in [2.45, 2.75) is 45.6 Å². The summed E-state index contributed by atoms with van der Waals surface area (Å²) in [6.07, 6.45) is 3.90. The van der Waals surface area contributed by atoms with Crippen LogP contribution in [0.3, 0.4) is 0 Å². The minimum absolute atomic E-state index is 0. The van der Waals surface area contributed by atoms with E-state index in [2.05, 4.69) is 58.1 Å². The normalized spacial score (nSPS) is 17.9. The van der Waals surface area contributed by atoms with Crippen molar-refractivity contribution in [2.75, 3.05) is 57.3 Å². The molecule has 1 N–H and O–H groups in total. The molecule has 1 aromatic rings. The number of benzene rings is 1. The van der Waals surface area contributed by atoms with Gasteiger partial charge in [0.05, 0.1) is 0 Å². The van der Waals surface area contributed by atoms with Crippen molar-refractivity contribution in [2.24, 2.45) is 0 Å². The Morgan fingerprint density at radius 1 is 1.14 bits per heavy atom. The van der Waals surface area contributed by atoms with Crippen molar-refractivity contribution in [1.29, 1.82) is 0 Å². The molecule has 0 saturated carbocycles. The summed E-state index contributed by atoms with van der Waals surface area (Å²) in [4.78, 5) is 20.0. The number of piperazine rings is 1. The third kappa shape index (κ3) is 7.63. The van der Waals surface area contributed by atoms with E-state index in [1.165, 1.54) is 11.3 Å². The first-order valence-electron chi connectivity index (χ1n) is 10.7. The molecule has 29 heavy (non-hydrogen) atoms. The topological polar surface area (TPSA) is 38.8 Å². The van der Waals surface area contributed by atoms with Gasteiger partial charge in [0, 0.05) is 57.4 Å². The Morgan fingerprint density at radius 2 is 1.83 bits per heavy atom. The van der Waals surface area contributed by atoms with E-state index in [0.717, 1.165) is 71.6 Å². The zero-order valence-corrected chi connectivity index (χ0v) is 19.6. The third-order valence-electron chi connectivity index (χ3n) is 5.92. The Morgan fingerprint density at radius 3 is 2.45 bits per heavy atom. The number of carbonyl (C=O) groups excluding carboxylic acids is 1. The van der Waals surface area contributed by atoms with Gasteiger partial charge in [-0.05, 0) is 57.0 Å². The van der Waals surface area contributed by atoms with Gasteiger partial charge >= 0.3 is 0 Å². The number of rotatable bonds is 7. The number of nitrogens with one attached hydrogen (secondary N) is 1. The van der Waals surface area contributed by atoms with Gasteiger partial charge in [0.15, 0.2) is 0 Å². The lowest BCUT2D eigenvalue weighted by molar-refractivity contribution is -0.134. The monoisotopic (exact) mass is 444 g/mol. The van der Waals surface area contributed by atoms with E-state index >= 15 is 0 Å². The number of piperidine rings is 1. The van der Waals surface area contributed by atoms with Gasteiger partial charge in [-0.15, -0.1) is 24.8 Å². The molecule has 2 heterocycles. The Kier molecular flexibility index (Phi) is 12.0. The number of hydrogen-bond donors (Lipinski definition) is 1. The van der Waals surface area contributed by atoms with Crippen LogP contribution in [-0.2, 0) is 4.79 Å². The fourth-order valence-electron chi connectivity index (χ4n) is 4.32. The lowest BCUT2D eigenvalue weighted by atomic mass is 10.0. The first kappa shape index (κ1) is 26.0. The van der Waals surface area contributed by atoms with Crippen molar-refractivity contribution in [3.8, 4) is 0 Å². The van der Waals surface area contributed by atoms with E-state index in [0.29, 0.717) is 18.4 Å². The van der Waals surface area contributed by atoms with Gasteiger partial charge in [-0.3, -0.25) is 9.69 Å². The molecule has 2 saturated heterocycles. The number of anilines is 1. The van der Waals surface area contributed by atoms with Crippen molar-refractivity contribution in [3.63, 3.8) is 0 Å². The van der Waals surface area contributed by atoms with Gasteiger partial charge in [-0.1, -0.05) is 19.1 Å². The highest BCUT2D eigenvalue weighted by atomic mass is 35.5. The van der Waals surface area contributed by atoms with Gasteiger partial charge in [-0.2, -0.15) is 0 Å². The summed E-state index contributed by atoms with van der Waals surface area (Å²) >= 11 is 0. The summed E-state index contributed by atoms with van der Waals surface area (Å²) in [5, 5.41) is 3.40. The molecule has 1 aromatic carbocycles. The fourth-order valence-corrected chi connectivity index (χ4v) is 4.32. The van der Waals surface area contributed by atoms with Gasteiger partial charge in [0.2, 0.25) is 5.91 Å². The molecule has 5 nitrogen and oxygen atoms in total. The van der Waals surface area contributed by atoms with Crippen molar-refractivity contribution >= 4 is 36.4 Å². The predicted octanol–water partition coefficient (Wildman–Crippen LogP) is 3.34. The second-order valence-corrected chi connectivity index (χ2v) is 7.99. The molecule has 0 bridgehead atoms. The molecule has 2 aliphatic heterocycles. The molecule has 1 amide bonds. The highest BCUT2D eigenvalue weighted by molar-refractivity contribution is 5.85. The number of halogens is 2. The summed E-state index contributed by atoms with van der Waals surface area (Å²) in [6, 6.07) is 9.19. The summed E-state index contributed by atoms with van der Waals surface area (Å²) < 4.78 is 0. The van der Waals surface area contributed by atoms with E-state index < -0.39 is 0 Å². The lowest BCUT2D eigenvalue weighted by Gasteiger charge is -2.37. The van der Waals surface area contributed by atoms with E-state index in [9.17, 15) is 4.79 Å². The molecular formula is C22H38Cl2N4O. The number of amides is 1. The molecule has 3 rings (SSSR count). The molecular weight excluding hydrogens is 407 g/mol. The Hall–Kier alpha value is -1.01. The van der Waals surface area contributed by atoms with E-state index in [-0.39, 0.29) is 24.8 Å². The molecule has 2 fully saturated rings. The minimum atomic E-state index is 0. The highest BCUT2D eigenvalue weighted by Gasteiger charge is 2.25. The van der Waals surface area contributed by atoms with Crippen LogP contribution in [-0.4, -0.2) is 74.1 Å². The minimum Gasteiger partial charge on any atom is -0.369 e. The van der Waals surface area contributed by atoms with Crippen LogP contribution < -0.4 is 10.2 Å². The van der Waals surface area contributed by atoms with Crippen LogP contribution in [0.2, 0.25) is 0 Å². The predicted molar refractivity (Wildman–Crippen MR) is 127 cm³/mol. The van der Waals surface area contributed by atoms with Gasteiger partial charge in [0.25, 0.3) is 0 Å². The van der Waals surface area contributed by atoms with E-state index in [1.54, 1.807) is 0 Å². The maximum absolute atomic E-state index is 12.9. The lowest BCUT2D eigenvalue weighted by Crippen LogP contribution is -2.49. The highest BCUT2D eigenvalue weighted by Crippen LogP contribution is 2.18. The second kappa shape index (κ2) is 13.3. The summed E-state index contributed by atoms with van der Waals surface area (Å²) in [6.45, 7) is 12.4. The van der Waals surface area contributed by atoms with Gasteiger partial charge < -0.3 is 15.1 Å². The Balaban J connectivity index is 0.00000210. The average molecular weight is 445 g/mol. The number of hydrogen-bond acceptors (Lipinski definition) is 4. The molecule has 0 radical (unpaired) electrons. The van der Waals surface area contributed by atoms with Crippen LogP contribution in [0.25, 0.3) is 0 Å². The molecule has 0 aliphatic carbocycles. The number of nitrogens with zero attached hydrogens (tertiary/aromatic N) is 3.